The van der Waals surface area contributed by atoms with Crippen molar-refractivity contribution in [2.75, 3.05) is 0 Å². The zero-order valence-electron chi connectivity index (χ0n) is 11.9. The van der Waals surface area contributed by atoms with Crippen LogP contribution in [-0.4, -0.2) is 21.1 Å². The maximum absolute atomic E-state index is 11.6. The fourth-order valence-electron chi connectivity index (χ4n) is 2.38. The van der Waals surface area contributed by atoms with Crippen LogP contribution in [0.3, 0.4) is 0 Å². The van der Waals surface area contributed by atoms with E-state index >= 15 is 0 Å². The monoisotopic (exact) mass is 357 g/mol. The molecule has 0 atom stereocenters. The van der Waals surface area contributed by atoms with E-state index in [4.69, 9.17) is 16.0 Å². The zero-order valence-corrected chi connectivity index (χ0v) is 13.5. The number of amides is 2. The summed E-state index contributed by atoms with van der Waals surface area (Å²) in [7, 11) is 0. The van der Waals surface area contributed by atoms with Crippen molar-refractivity contribution in [1.82, 2.24) is 15.3 Å². The number of pyridine rings is 2. The second kappa shape index (κ2) is 5.77. The van der Waals surface area contributed by atoms with Crippen molar-refractivity contribution < 1.29 is 14.0 Å². The van der Waals surface area contributed by atoms with Gasteiger partial charge in [0.15, 0.2) is 0 Å². The number of fused-ring (bicyclic) bond motifs is 1. The highest BCUT2D eigenvalue weighted by Crippen LogP contribution is 2.33. The van der Waals surface area contributed by atoms with Gasteiger partial charge in [-0.2, -0.15) is 0 Å². The lowest BCUT2D eigenvalue weighted by molar-refractivity contribution is -0.115. The second-order valence-electron chi connectivity index (χ2n) is 4.97. The molecule has 118 valence electrons. The summed E-state index contributed by atoms with van der Waals surface area (Å²) in [6.07, 6.45) is 6.48. The molecule has 4 heterocycles. The first-order valence-corrected chi connectivity index (χ1v) is 8.04. The Morgan fingerprint density at radius 2 is 2.12 bits per heavy atom. The molecule has 6 nitrogen and oxygen atoms in total. The zero-order chi connectivity index (χ0) is 16.7. The predicted octanol–water partition coefficient (Wildman–Crippen LogP) is 3.87. The van der Waals surface area contributed by atoms with Crippen molar-refractivity contribution in [1.29, 1.82) is 0 Å². The maximum Gasteiger partial charge on any atom is 0.290 e. The predicted molar refractivity (Wildman–Crippen MR) is 91.4 cm³/mol. The van der Waals surface area contributed by atoms with Crippen LogP contribution in [0.15, 0.2) is 46.1 Å². The average Bonchev–Trinajstić information content (AvgIpc) is 3.09. The number of nitrogens with one attached hydrogen (secondary N) is 1. The number of hydrogen-bond donors (Lipinski definition) is 1. The Kier molecular flexibility index (Phi) is 3.59. The second-order valence-corrected chi connectivity index (χ2v) is 6.38. The normalized spacial score (nSPS) is 16.1. The molecular formula is C16H8ClN3O3S. The molecule has 1 aliphatic heterocycles. The van der Waals surface area contributed by atoms with Gasteiger partial charge in [-0.05, 0) is 35.5 Å². The maximum atomic E-state index is 11.6. The van der Waals surface area contributed by atoms with Gasteiger partial charge in [-0.3, -0.25) is 19.9 Å². The van der Waals surface area contributed by atoms with E-state index in [1.807, 2.05) is 6.07 Å². The summed E-state index contributed by atoms with van der Waals surface area (Å²) in [5, 5.41) is 2.96. The Labute approximate surface area is 144 Å². The summed E-state index contributed by atoms with van der Waals surface area (Å²) in [5.74, 6) is 0.0384. The summed E-state index contributed by atoms with van der Waals surface area (Å²) < 4.78 is 5.85. The quantitative estimate of drug-likeness (QED) is 0.553. The molecule has 0 radical (unpaired) electrons. The molecule has 0 aliphatic carbocycles. The van der Waals surface area contributed by atoms with Gasteiger partial charge in [-0.25, -0.2) is 4.98 Å². The van der Waals surface area contributed by atoms with E-state index in [0.29, 0.717) is 21.4 Å². The Balaban J connectivity index is 1.82. The molecule has 2 amide bonds. The SMILES string of the molecule is O=C1NC(=O)C(=Cc2cc3cncc(-c4ccnc(Cl)c4)c3o2)S1. The Morgan fingerprint density at radius 3 is 2.88 bits per heavy atom. The van der Waals surface area contributed by atoms with E-state index in [-0.39, 0.29) is 0 Å². The number of nitrogens with zero attached hydrogens (tertiary/aromatic N) is 2. The van der Waals surface area contributed by atoms with Gasteiger partial charge in [-0.15, -0.1) is 0 Å². The molecule has 0 aromatic carbocycles. The number of carbonyl (C=O) groups excluding carboxylic acids is 2. The number of imide groups is 1. The van der Waals surface area contributed by atoms with Gasteiger partial charge < -0.3 is 4.42 Å². The van der Waals surface area contributed by atoms with E-state index in [2.05, 4.69) is 15.3 Å². The highest BCUT2D eigenvalue weighted by molar-refractivity contribution is 8.18. The van der Waals surface area contributed by atoms with Crippen LogP contribution >= 0.6 is 23.4 Å². The van der Waals surface area contributed by atoms with E-state index in [1.54, 1.807) is 30.7 Å². The molecule has 1 saturated heterocycles. The van der Waals surface area contributed by atoms with Gasteiger partial charge in [0.25, 0.3) is 11.1 Å². The number of halogens is 1. The fourth-order valence-corrected chi connectivity index (χ4v) is 3.22. The van der Waals surface area contributed by atoms with E-state index in [0.717, 1.165) is 28.3 Å². The van der Waals surface area contributed by atoms with Gasteiger partial charge in [0, 0.05) is 35.6 Å². The van der Waals surface area contributed by atoms with Crippen molar-refractivity contribution in [3.63, 3.8) is 0 Å². The Bertz CT molecular complexity index is 1030. The topological polar surface area (TPSA) is 85.1 Å². The summed E-state index contributed by atoms with van der Waals surface area (Å²) >= 11 is 6.78. The van der Waals surface area contributed by atoms with Crippen molar-refractivity contribution in [2.45, 2.75) is 0 Å². The largest absolute Gasteiger partial charge is 0.456 e. The molecule has 0 unspecified atom stereocenters. The molecule has 1 aliphatic rings. The van der Waals surface area contributed by atoms with E-state index in [9.17, 15) is 9.59 Å². The van der Waals surface area contributed by atoms with E-state index < -0.39 is 11.1 Å². The highest BCUT2D eigenvalue weighted by Gasteiger charge is 2.25. The summed E-state index contributed by atoms with van der Waals surface area (Å²) in [6, 6.07) is 5.29. The minimum atomic E-state index is -0.426. The third-order valence-electron chi connectivity index (χ3n) is 3.39. The molecule has 0 spiro atoms. The average molecular weight is 358 g/mol. The molecule has 4 rings (SSSR count). The lowest BCUT2D eigenvalue weighted by atomic mass is 10.1. The summed E-state index contributed by atoms with van der Waals surface area (Å²) in [6.45, 7) is 0. The van der Waals surface area contributed by atoms with Crippen LogP contribution < -0.4 is 5.32 Å². The number of hydrogen-bond acceptors (Lipinski definition) is 6. The first-order valence-electron chi connectivity index (χ1n) is 6.84. The summed E-state index contributed by atoms with van der Waals surface area (Å²) in [4.78, 5) is 31.3. The molecule has 1 N–H and O–H groups in total. The third-order valence-corrected chi connectivity index (χ3v) is 4.41. The van der Waals surface area contributed by atoms with Crippen LogP contribution in [-0.2, 0) is 4.79 Å². The molecule has 0 saturated carbocycles. The van der Waals surface area contributed by atoms with Gasteiger partial charge >= 0.3 is 0 Å². The van der Waals surface area contributed by atoms with Crippen LogP contribution in [0.5, 0.6) is 0 Å². The van der Waals surface area contributed by atoms with Crippen molar-refractivity contribution in [2.24, 2.45) is 0 Å². The van der Waals surface area contributed by atoms with Gasteiger partial charge in [0.2, 0.25) is 0 Å². The molecule has 8 heteroatoms. The number of thioether (sulfide) groups is 1. The number of aromatic nitrogens is 2. The summed E-state index contributed by atoms with van der Waals surface area (Å²) in [5.41, 5.74) is 2.21. The standard InChI is InChI=1S/C16H8ClN3O3S/c17-13-4-8(1-2-19-13)11-7-18-6-9-3-10(23-14(9)11)5-12-15(21)20-16(22)24-12/h1-7H,(H,20,21,22). The smallest absolute Gasteiger partial charge is 0.290 e. The number of furan rings is 1. The van der Waals surface area contributed by atoms with Crippen molar-refractivity contribution in [3.8, 4) is 11.1 Å². The lowest BCUT2D eigenvalue weighted by Crippen LogP contribution is -2.17. The van der Waals surface area contributed by atoms with E-state index in [1.165, 1.54) is 6.08 Å². The lowest BCUT2D eigenvalue weighted by Gasteiger charge is -2.01. The van der Waals surface area contributed by atoms with Crippen molar-refractivity contribution >= 4 is 51.6 Å². The molecule has 0 bridgehead atoms. The molecule has 1 fully saturated rings. The minimum Gasteiger partial charge on any atom is -0.456 e. The first kappa shape index (κ1) is 14.9. The number of rotatable bonds is 2. The number of carbonyl (C=O) groups is 2. The fraction of sp³-hybridized carbons (Fsp3) is 0. The van der Waals surface area contributed by atoms with Crippen LogP contribution in [0.4, 0.5) is 4.79 Å². The molecular weight excluding hydrogens is 350 g/mol. The Hall–Kier alpha value is -2.64. The van der Waals surface area contributed by atoms with Crippen LogP contribution in [0.2, 0.25) is 5.15 Å². The minimum absolute atomic E-state index is 0.292. The van der Waals surface area contributed by atoms with Gasteiger partial charge in [0.1, 0.15) is 16.5 Å². The van der Waals surface area contributed by atoms with Crippen LogP contribution in [0.1, 0.15) is 5.76 Å². The van der Waals surface area contributed by atoms with Crippen LogP contribution in [0, 0.1) is 0 Å². The van der Waals surface area contributed by atoms with Crippen molar-refractivity contribution in [3.05, 3.63) is 52.6 Å². The molecule has 3 aromatic rings. The van der Waals surface area contributed by atoms with Gasteiger partial charge in [0.05, 0.1) is 4.91 Å². The van der Waals surface area contributed by atoms with Gasteiger partial charge in [-0.1, -0.05) is 11.6 Å². The molecule has 3 aromatic heterocycles. The molecule has 24 heavy (non-hydrogen) atoms. The highest BCUT2D eigenvalue weighted by atomic mass is 35.5. The van der Waals surface area contributed by atoms with Crippen LogP contribution in [0.25, 0.3) is 28.2 Å². The Morgan fingerprint density at radius 1 is 1.25 bits per heavy atom. The third kappa shape index (κ3) is 2.68. The first-order chi connectivity index (χ1) is 11.6.